The van der Waals surface area contributed by atoms with E-state index in [0.29, 0.717) is 24.5 Å². The van der Waals surface area contributed by atoms with Crippen LogP contribution in [0.3, 0.4) is 0 Å². The first-order valence-corrected chi connectivity index (χ1v) is 9.94. The maximum Gasteiger partial charge on any atom is 0.289 e. The van der Waals surface area contributed by atoms with Gasteiger partial charge in [0.05, 0.1) is 12.0 Å². The van der Waals surface area contributed by atoms with Crippen molar-refractivity contribution in [3.8, 4) is 0 Å². The second kappa shape index (κ2) is 6.92. The molecule has 0 atom stereocenters. The number of carbonyl (C=O) groups is 1. The molecule has 1 aromatic carbocycles. The summed E-state index contributed by atoms with van der Waals surface area (Å²) in [7, 11) is -3.37. The molecule has 2 aromatic rings. The molecule has 7 heteroatoms. The number of nitrogens with zero attached hydrogens (tertiary/aromatic N) is 1. The largest absolute Gasteiger partial charge is 0.459 e. The fourth-order valence-electron chi connectivity index (χ4n) is 3.01. The Balaban J connectivity index is 1.76. The van der Waals surface area contributed by atoms with E-state index in [4.69, 9.17) is 4.42 Å². The number of rotatable bonds is 5. The van der Waals surface area contributed by atoms with Crippen molar-refractivity contribution < 1.29 is 17.6 Å². The number of hydrogen-bond acceptors (Lipinski definition) is 4. The van der Waals surface area contributed by atoms with E-state index in [1.165, 1.54) is 6.26 Å². The van der Waals surface area contributed by atoms with Crippen LogP contribution in [0.25, 0.3) is 0 Å². The number of anilines is 1. The van der Waals surface area contributed by atoms with E-state index in [1.54, 1.807) is 23.1 Å². The van der Waals surface area contributed by atoms with Crippen LogP contribution in [0, 0.1) is 5.92 Å². The molecule has 0 bridgehead atoms. The van der Waals surface area contributed by atoms with E-state index in [0.717, 1.165) is 17.5 Å². The van der Waals surface area contributed by atoms with Gasteiger partial charge >= 0.3 is 0 Å². The van der Waals surface area contributed by atoms with Crippen LogP contribution in [0.4, 0.5) is 5.69 Å². The molecule has 0 spiro atoms. The molecule has 0 aliphatic carbocycles. The van der Waals surface area contributed by atoms with Gasteiger partial charge in [0.25, 0.3) is 5.91 Å². The summed E-state index contributed by atoms with van der Waals surface area (Å²) in [6.45, 7) is 4.79. The van der Waals surface area contributed by atoms with Crippen LogP contribution in [0.1, 0.15) is 35.5 Å². The lowest BCUT2D eigenvalue weighted by atomic mass is 9.99. The Morgan fingerprint density at radius 3 is 2.76 bits per heavy atom. The molecular weight excluding hydrogens is 340 g/mol. The summed E-state index contributed by atoms with van der Waals surface area (Å²) in [6, 6.07) is 8.85. The van der Waals surface area contributed by atoms with Gasteiger partial charge in [0.1, 0.15) is 0 Å². The molecule has 134 valence electrons. The van der Waals surface area contributed by atoms with E-state index in [9.17, 15) is 13.2 Å². The zero-order chi connectivity index (χ0) is 18.0. The molecule has 6 nitrogen and oxygen atoms in total. The molecule has 3 rings (SSSR count). The van der Waals surface area contributed by atoms with E-state index in [2.05, 4.69) is 4.72 Å². The topological polar surface area (TPSA) is 79.6 Å². The average Bonchev–Trinajstić information content (AvgIpc) is 3.06. The number of sulfonamides is 1. The van der Waals surface area contributed by atoms with Crippen LogP contribution < -0.4 is 4.72 Å². The minimum absolute atomic E-state index is 0.0523. The third-order valence-electron chi connectivity index (χ3n) is 4.06. The zero-order valence-electron chi connectivity index (χ0n) is 14.4. The molecule has 0 radical (unpaired) electrons. The summed E-state index contributed by atoms with van der Waals surface area (Å²) >= 11 is 0. The lowest BCUT2D eigenvalue weighted by Crippen LogP contribution is -2.35. The number of hydrogen-bond donors (Lipinski definition) is 1. The van der Waals surface area contributed by atoms with Crippen LogP contribution in [-0.4, -0.2) is 31.5 Å². The van der Waals surface area contributed by atoms with Gasteiger partial charge in [0, 0.05) is 18.8 Å². The first-order valence-electron chi connectivity index (χ1n) is 8.29. The predicted octanol–water partition coefficient (Wildman–Crippen LogP) is 2.88. The first kappa shape index (κ1) is 17.5. The summed E-state index contributed by atoms with van der Waals surface area (Å²) in [6.07, 6.45) is 2.22. The summed E-state index contributed by atoms with van der Waals surface area (Å²) in [5.41, 5.74) is 2.62. The maximum atomic E-state index is 12.4. The molecule has 1 aliphatic heterocycles. The van der Waals surface area contributed by atoms with Gasteiger partial charge in [-0.3, -0.25) is 9.52 Å². The van der Waals surface area contributed by atoms with Crippen molar-refractivity contribution in [2.75, 3.05) is 17.0 Å². The highest BCUT2D eigenvalue weighted by atomic mass is 32.2. The molecular formula is C18H22N2O4S. The molecule has 0 saturated carbocycles. The number of fused-ring (bicyclic) bond motifs is 1. The van der Waals surface area contributed by atoms with Crippen LogP contribution in [0.5, 0.6) is 0 Å². The van der Waals surface area contributed by atoms with Gasteiger partial charge < -0.3 is 9.32 Å². The molecule has 25 heavy (non-hydrogen) atoms. The fraction of sp³-hybridized carbons (Fsp3) is 0.389. The molecule has 2 heterocycles. The van der Waals surface area contributed by atoms with Gasteiger partial charge in [-0.05, 0) is 47.7 Å². The minimum Gasteiger partial charge on any atom is -0.459 e. The number of furan rings is 1. The number of nitrogens with one attached hydrogen (secondary N) is 1. The Labute approximate surface area is 147 Å². The van der Waals surface area contributed by atoms with E-state index in [-0.39, 0.29) is 17.6 Å². The van der Waals surface area contributed by atoms with Crippen LogP contribution in [-0.2, 0) is 23.0 Å². The van der Waals surface area contributed by atoms with Crippen molar-refractivity contribution in [2.45, 2.75) is 26.8 Å². The average molecular weight is 362 g/mol. The Morgan fingerprint density at radius 2 is 2.08 bits per heavy atom. The van der Waals surface area contributed by atoms with Gasteiger partial charge in [-0.1, -0.05) is 19.9 Å². The van der Waals surface area contributed by atoms with Crippen LogP contribution in [0.2, 0.25) is 0 Å². The fourth-order valence-corrected chi connectivity index (χ4v) is 4.46. The minimum atomic E-state index is -3.37. The summed E-state index contributed by atoms with van der Waals surface area (Å²) < 4.78 is 32.0. The number of carbonyl (C=O) groups excluding carboxylic acids is 1. The van der Waals surface area contributed by atoms with Crippen molar-refractivity contribution in [1.29, 1.82) is 0 Å². The van der Waals surface area contributed by atoms with Gasteiger partial charge in [-0.2, -0.15) is 0 Å². The maximum absolute atomic E-state index is 12.4. The second-order valence-corrected chi connectivity index (χ2v) is 8.48. The van der Waals surface area contributed by atoms with Gasteiger partial charge in [0.2, 0.25) is 10.0 Å². The monoisotopic (exact) mass is 362 g/mol. The standard InChI is InChI=1S/C18H22N2O4S/c1-13(2)12-25(22,23)19-16-6-5-14-7-8-20(11-15(14)10-16)18(21)17-4-3-9-24-17/h3-6,9-10,13,19H,7-8,11-12H2,1-2H3. The predicted molar refractivity (Wildman–Crippen MR) is 95.8 cm³/mol. The molecule has 0 fully saturated rings. The normalized spacial score (nSPS) is 14.4. The first-order chi connectivity index (χ1) is 11.8. The third kappa shape index (κ3) is 4.22. The Bertz CT molecular complexity index is 857. The van der Waals surface area contributed by atoms with E-state index < -0.39 is 10.0 Å². The number of amides is 1. The zero-order valence-corrected chi connectivity index (χ0v) is 15.2. The second-order valence-electron chi connectivity index (χ2n) is 6.71. The molecule has 0 saturated heterocycles. The highest BCUT2D eigenvalue weighted by Gasteiger charge is 2.24. The Hall–Kier alpha value is -2.28. The SMILES string of the molecule is CC(C)CS(=O)(=O)Nc1ccc2c(c1)CN(C(=O)c1ccco1)CC2. The van der Waals surface area contributed by atoms with Crippen molar-refractivity contribution in [2.24, 2.45) is 5.92 Å². The van der Waals surface area contributed by atoms with Crippen molar-refractivity contribution >= 4 is 21.6 Å². The summed E-state index contributed by atoms with van der Waals surface area (Å²) in [4.78, 5) is 14.1. The lowest BCUT2D eigenvalue weighted by molar-refractivity contribution is 0.0702. The quantitative estimate of drug-likeness (QED) is 0.887. The van der Waals surface area contributed by atoms with Crippen LogP contribution in [0.15, 0.2) is 41.0 Å². The van der Waals surface area contributed by atoms with Gasteiger partial charge in [-0.15, -0.1) is 0 Å². The lowest BCUT2D eigenvalue weighted by Gasteiger charge is -2.28. The van der Waals surface area contributed by atoms with E-state index >= 15 is 0 Å². The molecule has 1 N–H and O–H groups in total. The third-order valence-corrected chi connectivity index (χ3v) is 5.72. The Morgan fingerprint density at radius 1 is 1.28 bits per heavy atom. The van der Waals surface area contributed by atoms with Crippen molar-refractivity contribution in [1.82, 2.24) is 4.90 Å². The van der Waals surface area contributed by atoms with Crippen LogP contribution >= 0.6 is 0 Å². The Kier molecular flexibility index (Phi) is 4.85. The smallest absolute Gasteiger partial charge is 0.289 e. The van der Waals surface area contributed by atoms with Gasteiger partial charge in [0.15, 0.2) is 5.76 Å². The molecule has 0 unspecified atom stereocenters. The molecule has 1 aliphatic rings. The molecule has 1 aromatic heterocycles. The molecule has 1 amide bonds. The van der Waals surface area contributed by atoms with Crippen molar-refractivity contribution in [3.63, 3.8) is 0 Å². The highest BCUT2D eigenvalue weighted by Crippen LogP contribution is 2.24. The summed E-state index contributed by atoms with van der Waals surface area (Å²) in [5.74, 6) is 0.294. The van der Waals surface area contributed by atoms with E-state index in [1.807, 2.05) is 26.0 Å². The van der Waals surface area contributed by atoms with Crippen molar-refractivity contribution in [3.05, 3.63) is 53.5 Å². The highest BCUT2D eigenvalue weighted by molar-refractivity contribution is 7.92. The number of benzene rings is 1. The van der Waals surface area contributed by atoms with Gasteiger partial charge in [-0.25, -0.2) is 8.42 Å². The summed E-state index contributed by atoms with van der Waals surface area (Å²) in [5, 5.41) is 0.